The van der Waals surface area contributed by atoms with Gasteiger partial charge in [0.25, 0.3) is 0 Å². The minimum Gasteiger partial charge on any atom is -0.454 e. The lowest BCUT2D eigenvalue weighted by Gasteiger charge is -2.12. The van der Waals surface area contributed by atoms with E-state index < -0.39 is 0 Å². The van der Waals surface area contributed by atoms with Crippen molar-refractivity contribution in [2.24, 2.45) is 0 Å². The SMILES string of the molecule is CN1CCc2cc(-c3cccc(NC(=O)Cc4ccc5c(c4)OCO5)n3)ccc21.Cc1ccccc1C=O. The van der Waals surface area contributed by atoms with Gasteiger partial charge in [0.15, 0.2) is 11.5 Å². The number of anilines is 2. The summed E-state index contributed by atoms with van der Waals surface area (Å²) in [5.41, 5.74) is 7.20. The highest BCUT2D eigenvalue weighted by Crippen LogP contribution is 2.33. The number of aryl methyl sites for hydroxylation is 1. The number of nitrogens with zero attached hydrogens (tertiary/aromatic N) is 2. The van der Waals surface area contributed by atoms with Gasteiger partial charge in [-0.05, 0) is 66.4 Å². The van der Waals surface area contributed by atoms with E-state index in [4.69, 9.17) is 9.47 Å². The topological polar surface area (TPSA) is 80.8 Å². The Labute approximate surface area is 222 Å². The number of fused-ring (bicyclic) bond motifs is 2. The molecule has 0 radical (unpaired) electrons. The Bertz CT molecular complexity index is 1480. The standard InChI is InChI=1S/C23H21N3O3.C8H8O/c1-26-10-9-17-13-16(6-7-19(17)26)18-3-2-4-22(24-18)25-23(27)12-15-5-8-20-21(11-15)29-14-28-20;1-7-4-2-3-5-8(7)6-9/h2-8,11,13H,9-10,12,14H2,1H3,(H,24,25,27);2-6H,1H3. The van der Waals surface area contributed by atoms with Gasteiger partial charge in [0.2, 0.25) is 12.7 Å². The molecular weight excluding hydrogens is 478 g/mol. The van der Waals surface area contributed by atoms with Crippen molar-refractivity contribution in [3.8, 4) is 22.8 Å². The first-order chi connectivity index (χ1) is 18.5. The van der Waals surface area contributed by atoms with Gasteiger partial charge in [-0.1, -0.05) is 42.5 Å². The van der Waals surface area contributed by atoms with E-state index in [1.807, 2.05) is 67.6 Å². The van der Waals surface area contributed by atoms with Crippen molar-refractivity contribution in [3.63, 3.8) is 0 Å². The van der Waals surface area contributed by atoms with Gasteiger partial charge < -0.3 is 19.7 Å². The molecule has 6 rings (SSSR count). The lowest BCUT2D eigenvalue weighted by atomic mass is 10.1. The summed E-state index contributed by atoms with van der Waals surface area (Å²) in [6.45, 7) is 3.19. The fraction of sp³-hybridized carbons (Fsp3) is 0.194. The second-order valence-electron chi connectivity index (χ2n) is 9.31. The molecule has 2 aliphatic heterocycles. The number of amides is 1. The average molecular weight is 508 g/mol. The molecular formula is C31H29N3O4. The monoisotopic (exact) mass is 507 g/mol. The van der Waals surface area contributed by atoms with Gasteiger partial charge in [-0.15, -0.1) is 0 Å². The van der Waals surface area contributed by atoms with E-state index in [0.29, 0.717) is 17.3 Å². The van der Waals surface area contributed by atoms with Crippen LogP contribution in [0.25, 0.3) is 11.3 Å². The van der Waals surface area contributed by atoms with E-state index in [1.165, 1.54) is 11.3 Å². The van der Waals surface area contributed by atoms with Gasteiger partial charge in [0, 0.05) is 30.4 Å². The number of likely N-dealkylation sites (N-methyl/N-ethyl adjacent to an activating group) is 1. The van der Waals surface area contributed by atoms with Crippen molar-refractivity contribution in [1.82, 2.24) is 4.98 Å². The van der Waals surface area contributed by atoms with E-state index >= 15 is 0 Å². The molecule has 7 nitrogen and oxygen atoms in total. The second kappa shape index (κ2) is 11.2. The van der Waals surface area contributed by atoms with Crippen LogP contribution in [0.1, 0.15) is 27.0 Å². The predicted molar refractivity (Wildman–Crippen MR) is 148 cm³/mol. The van der Waals surface area contributed by atoms with Crippen LogP contribution in [0.5, 0.6) is 11.5 Å². The Hall–Kier alpha value is -4.65. The van der Waals surface area contributed by atoms with Crippen molar-refractivity contribution < 1.29 is 19.1 Å². The number of ether oxygens (including phenoxy) is 2. The maximum Gasteiger partial charge on any atom is 0.231 e. The summed E-state index contributed by atoms with van der Waals surface area (Å²) in [7, 11) is 2.11. The molecule has 0 saturated carbocycles. The van der Waals surface area contributed by atoms with Crippen molar-refractivity contribution in [1.29, 1.82) is 0 Å². The molecule has 0 saturated heterocycles. The third-order valence-corrected chi connectivity index (χ3v) is 6.64. The van der Waals surface area contributed by atoms with Gasteiger partial charge in [-0.2, -0.15) is 0 Å². The van der Waals surface area contributed by atoms with E-state index in [-0.39, 0.29) is 19.1 Å². The molecule has 0 unspecified atom stereocenters. The van der Waals surface area contributed by atoms with Gasteiger partial charge >= 0.3 is 0 Å². The maximum atomic E-state index is 12.5. The van der Waals surface area contributed by atoms with E-state index in [9.17, 15) is 9.59 Å². The molecule has 4 aromatic rings. The summed E-state index contributed by atoms with van der Waals surface area (Å²) >= 11 is 0. The van der Waals surface area contributed by atoms with Crippen LogP contribution in [0.3, 0.4) is 0 Å². The smallest absolute Gasteiger partial charge is 0.231 e. The molecule has 3 aromatic carbocycles. The van der Waals surface area contributed by atoms with Crippen molar-refractivity contribution in [2.45, 2.75) is 19.8 Å². The number of aldehydes is 1. The van der Waals surface area contributed by atoms with Crippen LogP contribution in [0.15, 0.2) is 78.9 Å². The van der Waals surface area contributed by atoms with Crippen molar-refractivity contribution in [3.05, 3.63) is 101 Å². The highest BCUT2D eigenvalue weighted by atomic mass is 16.7. The number of benzene rings is 3. The molecule has 2 aliphatic rings. The fourth-order valence-electron chi connectivity index (χ4n) is 4.53. The number of hydrogen-bond donors (Lipinski definition) is 1. The van der Waals surface area contributed by atoms with Crippen LogP contribution in [-0.4, -0.2) is 37.6 Å². The molecule has 0 bridgehead atoms. The molecule has 1 N–H and O–H groups in total. The highest BCUT2D eigenvalue weighted by molar-refractivity contribution is 5.91. The number of carbonyl (C=O) groups is 2. The summed E-state index contributed by atoms with van der Waals surface area (Å²) in [6.07, 6.45) is 2.16. The lowest BCUT2D eigenvalue weighted by molar-refractivity contribution is -0.115. The Balaban J connectivity index is 0.000000278. The van der Waals surface area contributed by atoms with Crippen LogP contribution in [0, 0.1) is 6.92 Å². The molecule has 0 aliphatic carbocycles. The van der Waals surface area contributed by atoms with Gasteiger partial charge in [-0.25, -0.2) is 4.98 Å². The third kappa shape index (κ3) is 5.67. The molecule has 1 aromatic heterocycles. The third-order valence-electron chi connectivity index (χ3n) is 6.64. The molecule has 0 fully saturated rings. The molecule has 192 valence electrons. The van der Waals surface area contributed by atoms with Gasteiger partial charge in [-0.3, -0.25) is 9.59 Å². The molecule has 7 heteroatoms. The molecule has 0 atom stereocenters. The number of aromatic nitrogens is 1. The quantitative estimate of drug-likeness (QED) is 0.362. The number of nitrogens with one attached hydrogen (secondary N) is 1. The second-order valence-corrected chi connectivity index (χ2v) is 9.31. The Morgan fingerprint density at radius 2 is 1.84 bits per heavy atom. The number of rotatable bonds is 5. The molecule has 38 heavy (non-hydrogen) atoms. The van der Waals surface area contributed by atoms with Crippen molar-refractivity contribution >= 4 is 23.7 Å². The fourth-order valence-corrected chi connectivity index (χ4v) is 4.53. The zero-order chi connectivity index (χ0) is 26.5. The Kier molecular flexibility index (Phi) is 7.35. The van der Waals surface area contributed by atoms with Crippen LogP contribution < -0.4 is 19.7 Å². The van der Waals surface area contributed by atoms with Gasteiger partial charge in [0.1, 0.15) is 12.1 Å². The summed E-state index contributed by atoms with van der Waals surface area (Å²) in [6, 6.07) is 25.2. The first kappa shape index (κ1) is 25.0. The lowest BCUT2D eigenvalue weighted by Crippen LogP contribution is -2.15. The number of hydrogen-bond acceptors (Lipinski definition) is 6. The van der Waals surface area contributed by atoms with E-state index in [0.717, 1.165) is 47.2 Å². The first-order valence-electron chi connectivity index (χ1n) is 12.5. The Morgan fingerprint density at radius 3 is 2.66 bits per heavy atom. The zero-order valence-electron chi connectivity index (χ0n) is 21.4. The Morgan fingerprint density at radius 1 is 1.00 bits per heavy atom. The summed E-state index contributed by atoms with van der Waals surface area (Å²) in [5.74, 6) is 1.82. The summed E-state index contributed by atoms with van der Waals surface area (Å²) in [4.78, 5) is 29.6. The zero-order valence-corrected chi connectivity index (χ0v) is 21.4. The van der Waals surface area contributed by atoms with E-state index in [1.54, 1.807) is 0 Å². The summed E-state index contributed by atoms with van der Waals surface area (Å²) in [5, 5.41) is 2.90. The number of carbonyl (C=O) groups excluding carboxylic acids is 2. The molecule has 1 amide bonds. The first-order valence-corrected chi connectivity index (χ1v) is 12.5. The van der Waals surface area contributed by atoms with Gasteiger partial charge in [0.05, 0.1) is 12.1 Å². The van der Waals surface area contributed by atoms with Crippen LogP contribution in [0.4, 0.5) is 11.5 Å². The normalized spacial score (nSPS) is 12.8. The van der Waals surface area contributed by atoms with Crippen LogP contribution in [-0.2, 0) is 17.6 Å². The van der Waals surface area contributed by atoms with Crippen LogP contribution >= 0.6 is 0 Å². The molecule has 0 spiro atoms. The average Bonchev–Trinajstić information content (AvgIpc) is 3.55. The largest absolute Gasteiger partial charge is 0.454 e. The highest BCUT2D eigenvalue weighted by Gasteiger charge is 2.17. The minimum atomic E-state index is -0.121. The summed E-state index contributed by atoms with van der Waals surface area (Å²) < 4.78 is 10.7. The van der Waals surface area contributed by atoms with Crippen molar-refractivity contribution in [2.75, 3.05) is 30.6 Å². The molecule has 3 heterocycles. The predicted octanol–water partition coefficient (Wildman–Crippen LogP) is 5.46. The maximum absolute atomic E-state index is 12.5. The number of pyridine rings is 1. The van der Waals surface area contributed by atoms with Crippen LogP contribution in [0.2, 0.25) is 0 Å². The van der Waals surface area contributed by atoms with E-state index in [2.05, 4.69) is 40.4 Å². The minimum absolute atomic E-state index is 0.121.